The highest BCUT2D eigenvalue weighted by molar-refractivity contribution is 7.89. The molecule has 1 aliphatic rings. The van der Waals surface area contributed by atoms with Crippen molar-refractivity contribution in [3.05, 3.63) is 52.0 Å². The van der Waals surface area contributed by atoms with Crippen LogP contribution in [0.1, 0.15) is 22.5 Å². The number of sulfonamides is 1. The molecule has 0 saturated carbocycles. The summed E-state index contributed by atoms with van der Waals surface area (Å²) in [6.07, 6.45) is 1.68. The molecule has 1 aromatic carbocycles. The van der Waals surface area contributed by atoms with E-state index in [0.717, 1.165) is 35.1 Å². The van der Waals surface area contributed by atoms with Crippen molar-refractivity contribution in [2.45, 2.75) is 17.7 Å². The summed E-state index contributed by atoms with van der Waals surface area (Å²) >= 11 is 2.37. The number of rotatable bonds is 5. The number of thiophene rings is 1. The molecule has 7 nitrogen and oxygen atoms in total. The summed E-state index contributed by atoms with van der Waals surface area (Å²) in [5.74, 6) is 0.134. The Hall–Kier alpha value is -2.53. The van der Waals surface area contributed by atoms with Gasteiger partial charge in [-0.05, 0) is 36.4 Å². The number of fused-ring (bicyclic) bond motifs is 1. The Bertz CT molecular complexity index is 1300. The van der Waals surface area contributed by atoms with Gasteiger partial charge in [-0.2, -0.15) is 4.31 Å². The van der Waals surface area contributed by atoms with Crippen LogP contribution in [0.5, 0.6) is 0 Å². The van der Waals surface area contributed by atoms with Crippen LogP contribution >= 0.6 is 22.7 Å². The number of carbonyl (C=O) groups is 1. The summed E-state index contributed by atoms with van der Waals surface area (Å²) in [5.41, 5.74) is 1.38. The van der Waals surface area contributed by atoms with Gasteiger partial charge in [0.25, 0.3) is 5.91 Å². The molecule has 5 rings (SSSR count). The van der Waals surface area contributed by atoms with Gasteiger partial charge in [0.15, 0.2) is 10.9 Å². The maximum atomic E-state index is 12.9. The summed E-state index contributed by atoms with van der Waals surface area (Å²) in [5, 5.41) is 7.50. The third-order valence-corrected chi connectivity index (χ3v) is 8.66. The van der Waals surface area contributed by atoms with E-state index in [1.54, 1.807) is 10.8 Å². The molecule has 1 amide bonds. The SMILES string of the molecule is O=C(Nc1nc(-c2cc3ccccc3o2)cs1)c1sccc1S(=O)(=O)N1CCCC1. The molecular weight excluding hydrogens is 442 g/mol. The molecule has 0 bridgehead atoms. The fourth-order valence-electron chi connectivity index (χ4n) is 3.44. The van der Waals surface area contributed by atoms with Gasteiger partial charge in [-0.1, -0.05) is 18.2 Å². The monoisotopic (exact) mass is 459 g/mol. The normalized spacial score (nSPS) is 15.1. The van der Waals surface area contributed by atoms with Gasteiger partial charge >= 0.3 is 0 Å². The van der Waals surface area contributed by atoms with Crippen LogP contribution in [0.3, 0.4) is 0 Å². The highest BCUT2D eigenvalue weighted by atomic mass is 32.2. The van der Waals surface area contributed by atoms with Crippen LogP contribution < -0.4 is 5.32 Å². The average molecular weight is 460 g/mol. The third-order valence-electron chi connectivity index (χ3n) is 4.92. The smallest absolute Gasteiger partial charge is 0.268 e. The van der Waals surface area contributed by atoms with Crippen LogP contribution in [-0.2, 0) is 10.0 Å². The molecule has 10 heteroatoms. The summed E-state index contributed by atoms with van der Waals surface area (Å²) in [7, 11) is -3.67. The fraction of sp³-hybridized carbons (Fsp3) is 0.200. The largest absolute Gasteiger partial charge is 0.454 e. The Morgan fingerprint density at radius 2 is 1.93 bits per heavy atom. The van der Waals surface area contributed by atoms with Crippen LogP contribution in [0.4, 0.5) is 5.13 Å². The number of amides is 1. The molecule has 1 fully saturated rings. The number of nitrogens with one attached hydrogen (secondary N) is 1. The number of furan rings is 1. The van der Waals surface area contributed by atoms with Gasteiger partial charge in [-0.15, -0.1) is 22.7 Å². The van der Waals surface area contributed by atoms with Gasteiger partial charge < -0.3 is 4.42 Å². The van der Waals surface area contributed by atoms with Crippen molar-refractivity contribution < 1.29 is 17.6 Å². The van der Waals surface area contributed by atoms with E-state index >= 15 is 0 Å². The summed E-state index contributed by atoms with van der Waals surface area (Å²) in [6, 6.07) is 11.1. The van der Waals surface area contributed by atoms with E-state index in [2.05, 4.69) is 10.3 Å². The van der Waals surface area contributed by atoms with E-state index < -0.39 is 15.9 Å². The Morgan fingerprint density at radius 3 is 2.73 bits per heavy atom. The molecule has 0 atom stereocenters. The van der Waals surface area contributed by atoms with E-state index in [1.165, 1.54) is 21.7 Å². The third kappa shape index (κ3) is 3.45. The lowest BCUT2D eigenvalue weighted by Crippen LogP contribution is -2.29. The molecule has 0 unspecified atom stereocenters. The molecule has 4 heterocycles. The lowest BCUT2D eigenvalue weighted by atomic mass is 10.2. The number of nitrogens with zero attached hydrogens (tertiary/aromatic N) is 2. The number of hydrogen-bond acceptors (Lipinski definition) is 7. The van der Waals surface area contributed by atoms with Gasteiger partial charge in [0.1, 0.15) is 21.0 Å². The van der Waals surface area contributed by atoms with Gasteiger partial charge in [0.05, 0.1) is 0 Å². The summed E-state index contributed by atoms with van der Waals surface area (Å²) in [4.78, 5) is 17.5. The molecule has 1 saturated heterocycles. The Balaban J connectivity index is 1.38. The Kier molecular flexibility index (Phi) is 4.94. The van der Waals surface area contributed by atoms with E-state index in [4.69, 9.17) is 4.42 Å². The minimum absolute atomic E-state index is 0.0564. The topological polar surface area (TPSA) is 92.5 Å². The number of benzene rings is 1. The summed E-state index contributed by atoms with van der Waals surface area (Å²) < 4.78 is 33.0. The van der Waals surface area contributed by atoms with Gasteiger partial charge in [-0.25, -0.2) is 13.4 Å². The molecule has 4 aromatic rings. The van der Waals surface area contributed by atoms with E-state index in [-0.39, 0.29) is 9.77 Å². The molecule has 1 aliphatic heterocycles. The van der Waals surface area contributed by atoms with Crippen molar-refractivity contribution in [1.29, 1.82) is 0 Å². The molecule has 1 N–H and O–H groups in total. The second-order valence-electron chi connectivity index (χ2n) is 6.87. The van der Waals surface area contributed by atoms with Crippen molar-refractivity contribution in [2.24, 2.45) is 0 Å². The molecule has 30 heavy (non-hydrogen) atoms. The van der Waals surface area contributed by atoms with Crippen molar-refractivity contribution >= 4 is 54.7 Å². The highest BCUT2D eigenvalue weighted by Gasteiger charge is 2.32. The first-order valence-electron chi connectivity index (χ1n) is 9.36. The molecule has 0 spiro atoms. The molecule has 154 valence electrons. The zero-order valence-electron chi connectivity index (χ0n) is 15.7. The maximum Gasteiger partial charge on any atom is 0.268 e. The highest BCUT2D eigenvalue weighted by Crippen LogP contribution is 2.32. The van der Waals surface area contributed by atoms with Crippen molar-refractivity contribution in [3.8, 4) is 11.5 Å². The van der Waals surface area contributed by atoms with Crippen LogP contribution in [-0.4, -0.2) is 36.7 Å². The Morgan fingerprint density at radius 1 is 1.13 bits per heavy atom. The number of para-hydroxylation sites is 1. The first-order valence-corrected chi connectivity index (χ1v) is 12.6. The van der Waals surface area contributed by atoms with Crippen LogP contribution in [0, 0.1) is 0 Å². The van der Waals surface area contributed by atoms with E-state index in [9.17, 15) is 13.2 Å². The predicted molar refractivity (Wildman–Crippen MR) is 118 cm³/mol. The van der Waals surface area contributed by atoms with Crippen molar-refractivity contribution in [3.63, 3.8) is 0 Å². The van der Waals surface area contributed by atoms with E-state index in [1.807, 2.05) is 30.3 Å². The number of thiazole rings is 1. The van der Waals surface area contributed by atoms with E-state index in [0.29, 0.717) is 29.7 Å². The first-order chi connectivity index (χ1) is 14.5. The minimum Gasteiger partial charge on any atom is -0.454 e. The van der Waals surface area contributed by atoms with Gasteiger partial charge in [0, 0.05) is 23.9 Å². The lowest BCUT2D eigenvalue weighted by Gasteiger charge is -2.15. The molecular formula is C20H17N3O4S3. The number of anilines is 1. The average Bonchev–Trinajstić information content (AvgIpc) is 3.54. The standard InChI is InChI=1S/C20H17N3O4S3/c24-19(18-17(7-10-28-18)30(25,26)23-8-3-4-9-23)22-20-21-14(12-29-20)16-11-13-5-1-2-6-15(13)27-16/h1-2,5-7,10-12H,3-4,8-9H2,(H,21,22,24). The zero-order chi connectivity index (χ0) is 20.7. The first kappa shape index (κ1) is 19.4. The van der Waals surface area contributed by atoms with Crippen molar-refractivity contribution in [2.75, 3.05) is 18.4 Å². The molecule has 3 aromatic heterocycles. The quantitative estimate of drug-likeness (QED) is 0.469. The molecule has 0 aliphatic carbocycles. The van der Waals surface area contributed by atoms with Gasteiger partial charge in [0.2, 0.25) is 10.0 Å². The van der Waals surface area contributed by atoms with Gasteiger partial charge in [-0.3, -0.25) is 10.1 Å². The fourth-order valence-corrected chi connectivity index (χ4v) is 6.95. The predicted octanol–water partition coefficient (Wildman–Crippen LogP) is 4.65. The molecule has 0 radical (unpaired) electrons. The lowest BCUT2D eigenvalue weighted by molar-refractivity contribution is 0.102. The number of carbonyl (C=O) groups excluding carboxylic acids is 1. The van der Waals surface area contributed by atoms with Crippen LogP contribution in [0.25, 0.3) is 22.4 Å². The second-order valence-corrected chi connectivity index (χ2v) is 10.5. The number of aromatic nitrogens is 1. The summed E-state index contributed by atoms with van der Waals surface area (Å²) in [6.45, 7) is 0.985. The maximum absolute atomic E-state index is 12.9. The van der Waals surface area contributed by atoms with Crippen LogP contribution in [0.15, 0.2) is 56.5 Å². The van der Waals surface area contributed by atoms with Crippen LogP contribution in [0.2, 0.25) is 0 Å². The second kappa shape index (κ2) is 7.62. The number of hydrogen-bond donors (Lipinski definition) is 1. The zero-order valence-corrected chi connectivity index (χ0v) is 18.1. The Labute approximate surface area is 181 Å². The minimum atomic E-state index is -3.67. The van der Waals surface area contributed by atoms with Crippen molar-refractivity contribution in [1.82, 2.24) is 9.29 Å².